The number of aryl methyl sites for hydroxylation is 1. The molecule has 2 atom stereocenters. The average Bonchev–Trinajstić information content (AvgIpc) is 2.64. The van der Waals surface area contributed by atoms with Gasteiger partial charge in [-0.1, -0.05) is 13.3 Å². The second kappa shape index (κ2) is 3.40. The summed E-state index contributed by atoms with van der Waals surface area (Å²) in [5, 5.41) is 3.33. The predicted octanol–water partition coefficient (Wildman–Crippen LogP) is 2.58. The van der Waals surface area contributed by atoms with E-state index in [1.165, 1.54) is 19.3 Å². The van der Waals surface area contributed by atoms with Gasteiger partial charge in [0.05, 0.1) is 5.69 Å². The second-order valence-corrected chi connectivity index (χ2v) is 3.95. The van der Waals surface area contributed by atoms with Crippen molar-refractivity contribution in [2.75, 3.05) is 5.32 Å². The fraction of sp³-hybridized carbons (Fsp3) is 0.700. The number of hydrogen-bond acceptors (Lipinski definition) is 3. The van der Waals surface area contributed by atoms with Crippen LogP contribution < -0.4 is 5.32 Å². The average molecular weight is 180 g/mol. The normalized spacial score (nSPS) is 27.8. The molecule has 1 aliphatic rings. The van der Waals surface area contributed by atoms with Crippen molar-refractivity contribution in [2.24, 2.45) is 5.92 Å². The number of nitrogens with zero attached hydrogens (tertiary/aromatic N) is 1. The smallest absolute Gasteiger partial charge is 0.294 e. The van der Waals surface area contributed by atoms with Gasteiger partial charge >= 0.3 is 0 Å². The van der Waals surface area contributed by atoms with E-state index in [-0.39, 0.29) is 0 Å². The largest absolute Gasteiger partial charge is 0.432 e. The van der Waals surface area contributed by atoms with Gasteiger partial charge in [-0.05, 0) is 25.7 Å². The van der Waals surface area contributed by atoms with Crippen molar-refractivity contribution in [3.63, 3.8) is 0 Å². The van der Waals surface area contributed by atoms with Gasteiger partial charge in [0.15, 0.2) is 0 Å². The zero-order chi connectivity index (χ0) is 9.26. The minimum atomic E-state index is 0.554. The van der Waals surface area contributed by atoms with Crippen molar-refractivity contribution in [3.05, 3.63) is 12.0 Å². The summed E-state index contributed by atoms with van der Waals surface area (Å²) in [5.74, 6) is 0.743. The SMILES string of the molecule is Cc1coc(NC2CCCC2C)n1. The molecule has 0 spiro atoms. The van der Waals surface area contributed by atoms with Gasteiger partial charge < -0.3 is 9.73 Å². The molecule has 3 nitrogen and oxygen atoms in total. The first-order valence-corrected chi connectivity index (χ1v) is 4.94. The Labute approximate surface area is 78.5 Å². The Hall–Kier alpha value is -0.990. The number of oxazole rings is 1. The van der Waals surface area contributed by atoms with Crippen molar-refractivity contribution < 1.29 is 4.42 Å². The zero-order valence-electron chi connectivity index (χ0n) is 8.21. The maximum absolute atomic E-state index is 5.25. The molecule has 1 saturated carbocycles. The summed E-state index contributed by atoms with van der Waals surface area (Å²) in [6.07, 6.45) is 5.56. The van der Waals surface area contributed by atoms with E-state index in [1.54, 1.807) is 6.26 Å². The Kier molecular flexibility index (Phi) is 2.25. The molecule has 1 fully saturated rings. The van der Waals surface area contributed by atoms with E-state index in [2.05, 4.69) is 17.2 Å². The minimum Gasteiger partial charge on any atom is -0.432 e. The summed E-state index contributed by atoms with van der Waals surface area (Å²) in [5.41, 5.74) is 0.938. The van der Waals surface area contributed by atoms with Crippen LogP contribution in [0.2, 0.25) is 0 Å². The van der Waals surface area contributed by atoms with E-state index in [0.29, 0.717) is 12.1 Å². The number of rotatable bonds is 2. The zero-order valence-corrected chi connectivity index (χ0v) is 8.21. The molecule has 1 aliphatic carbocycles. The third-order valence-electron chi connectivity index (χ3n) is 2.79. The molecule has 0 aromatic carbocycles. The quantitative estimate of drug-likeness (QED) is 0.760. The van der Waals surface area contributed by atoms with E-state index in [4.69, 9.17) is 4.42 Å². The Bertz CT molecular complexity index is 282. The van der Waals surface area contributed by atoms with E-state index < -0.39 is 0 Å². The van der Waals surface area contributed by atoms with Crippen LogP contribution in [-0.2, 0) is 0 Å². The predicted molar refractivity (Wildman–Crippen MR) is 51.7 cm³/mol. The molecule has 0 bridgehead atoms. The molecular formula is C10H16N2O. The van der Waals surface area contributed by atoms with Crippen molar-refractivity contribution in [3.8, 4) is 0 Å². The van der Waals surface area contributed by atoms with Gasteiger partial charge in [0.25, 0.3) is 6.01 Å². The fourth-order valence-electron chi connectivity index (χ4n) is 1.94. The van der Waals surface area contributed by atoms with Crippen LogP contribution in [-0.4, -0.2) is 11.0 Å². The molecule has 1 aromatic rings. The van der Waals surface area contributed by atoms with Gasteiger partial charge in [-0.25, -0.2) is 0 Å². The first kappa shape index (κ1) is 8.60. The number of anilines is 1. The van der Waals surface area contributed by atoms with Crippen molar-refractivity contribution >= 4 is 6.01 Å². The van der Waals surface area contributed by atoms with Crippen LogP contribution >= 0.6 is 0 Å². The fourth-order valence-corrected chi connectivity index (χ4v) is 1.94. The second-order valence-electron chi connectivity index (χ2n) is 3.95. The molecule has 2 rings (SSSR count). The molecule has 0 saturated heterocycles. The third kappa shape index (κ3) is 1.85. The first-order chi connectivity index (χ1) is 6.25. The molecule has 0 radical (unpaired) electrons. The van der Waals surface area contributed by atoms with Crippen LogP contribution in [0, 0.1) is 12.8 Å². The minimum absolute atomic E-state index is 0.554. The molecule has 1 aromatic heterocycles. The van der Waals surface area contributed by atoms with E-state index in [0.717, 1.165) is 11.6 Å². The molecule has 1 heterocycles. The highest BCUT2D eigenvalue weighted by Crippen LogP contribution is 2.27. The lowest BCUT2D eigenvalue weighted by Crippen LogP contribution is -2.21. The highest BCUT2D eigenvalue weighted by atomic mass is 16.4. The molecule has 2 unspecified atom stereocenters. The van der Waals surface area contributed by atoms with Gasteiger partial charge in [0.1, 0.15) is 6.26 Å². The van der Waals surface area contributed by atoms with E-state index >= 15 is 0 Å². The lowest BCUT2D eigenvalue weighted by molar-refractivity contribution is 0.513. The van der Waals surface area contributed by atoms with Crippen molar-refractivity contribution in [2.45, 2.75) is 39.2 Å². The first-order valence-electron chi connectivity index (χ1n) is 4.94. The number of hydrogen-bond donors (Lipinski definition) is 1. The number of nitrogens with one attached hydrogen (secondary N) is 1. The molecule has 72 valence electrons. The van der Waals surface area contributed by atoms with Gasteiger partial charge in [-0.15, -0.1) is 0 Å². The molecular weight excluding hydrogens is 164 g/mol. The summed E-state index contributed by atoms with van der Waals surface area (Å²) in [6, 6.07) is 1.23. The molecule has 1 N–H and O–H groups in total. The molecule has 13 heavy (non-hydrogen) atoms. The van der Waals surface area contributed by atoms with Crippen LogP contribution in [0.3, 0.4) is 0 Å². The third-order valence-corrected chi connectivity index (χ3v) is 2.79. The Morgan fingerprint density at radius 3 is 2.92 bits per heavy atom. The molecule has 0 aliphatic heterocycles. The molecule has 3 heteroatoms. The Morgan fingerprint density at radius 2 is 2.38 bits per heavy atom. The summed E-state index contributed by atoms with van der Waals surface area (Å²) in [6.45, 7) is 4.22. The van der Waals surface area contributed by atoms with Crippen LogP contribution in [0.1, 0.15) is 31.9 Å². The highest BCUT2D eigenvalue weighted by Gasteiger charge is 2.24. The van der Waals surface area contributed by atoms with Gasteiger partial charge in [-0.3, -0.25) is 0 Å². The Balaban J connectivity index is 1.97. The topological polar surface area (TPSA) is 38.1 Å². The van der Waals surface area contributed by atoms with Crippen LogP contribution in [0.15, 0.2) is 10.7 Å². The maximum atomic E-state index is 5.25. The Morgan fingerprint density at radius 1 is 1.54 bits per heavy atom. The summed E-state index contributed by atoms with van der Waals surface area (Å²) in [4.78, 5) is 4.23. The monoisotopic (exact) mass is 180 g/mol. The van der Waals surface area contributed by atoms with Gasteiger partial charge in [0, 0.05) is 6.04 Å². The van der Waals surface area contributed by atoms with E-state index in [9.17, 15) is 0 Å². The van der Waals surface area contributed by atoms with Gasteiger partial charge in [0.2, 0.25) is 0 Å². The maximum Gasteiger partial charge on any atom is 0.294 e. The number of aromatic nitrogens is 1. The van der Waals surface area contributed by atoms with Crippen LogP contribution in [0.4, 0.5) is 6.01 Å². The standard InChI is InChI=1S/C10H16N2O/c1-7-4-3-5-9(7)12-10-11-8(2)6-13-10/h6-7,9H,3-5H2,1-2H3,(H,11,12). The summed E-state index contributed by atoms with van der Waals surface area (Å²) < 4.78 is 5.25. The lowest BCUT2D eigenvalue weighted by Gasteiger charge is -2.14. The van der Waals surface area contributed by atoms with E-state index in [1.807, 2.05) is 6.92 Å². The lowest BCUT2D eigenvalue weighted by atomic mass is 10.1. The van der Waals surface area contributed by atoms with Crippen molar-refractivity contribution in [1.82, 2.24) is 4.98 Å². The van der Waals surface area contributed by atoms with Gasteiger partial charge in [-0.2, -0.15) is 4.98 Å². The summed E-state index contributed by atoms with van der Waals surface area (Å²) in [7, 11) is 0. The van der Waals surface area contributed by atoms with Crippen LogP contribution in [0.25, 0.3) is 0 Å². The van der Waals surface area contributed by atoms with Crippen LogP contribution in [0.5, 0.6) is 0 Å². The molecule has 0 amide bonds. The summed E-state index contributed by atoms with van der Waals surface area (Å²) >= 11 is 0. The van der Waals surface area contributed by atoms with Crippen molar-refractivity contribution in [1.29, 1.82) is 0 Å². The highest BCUT2D eigenvalue weighted by molar-refractivity contribution is 5.23.